The Hall–Kier alpha value is -0.430. The minimum atomic E-state index is -3.73. The van der Waals surface area contributed by atoms with Crippen LogP contribution in [0.5, 0.6) is 0 Å². The first kappa shape index (κ1) is 11.1. The molecule has 5 nitrogen and oxygen atoms in total. The second-order valence-electron chi connectivity index (χ2n) is 3.62. The summed E-state index contributed by atoms with van der Waals surface area (Å²) in [4.78, 5) is 3.73. The van der Waals surface area contributed by atoms with Crippen molar-refractivity contribution in [3.63, 3.8) is 0 Å². The van der Waals surface area contributed by atoms with Crippen molar-refractivity contribution < 1.29 is 13.2 Å². The summed E-state index contributed by atoms with van der Waals surface area (Å²) in [7, 11) is -3.73. The van der Waals surface area contributed by atoms with E-state index in [0.29, 0.717) is 0 Å². The van der Waals surface area contributed by atoms with E-state index in [9.17, 15) is 8.42 Å². The lowest BCUT2D eigenvalue weighted by molar-refractivity contribution is 0.0743. The van der Waals surface area contributed by atoms with Crippen LogP contribution in [-0.2, 0) is 14.8 Å². The Labute approximate surface area is 93.0 Å². The van der Waals surface area contributed by atoms with Gasteiger partial charge in [-0.05, 0) is 12.8 Å². The average Bonchev–Trinajstić information content (AvgIpc) is 2.90. The summed E-state index contributed by atoms with van der Waals surface area (Å²) < 4.78 is 28.0. The van der Waals surface area contributed by atoms with Gasteiger partial charge in [0.15, 0.2) is 0 Å². The van der Waals surface area contributed by atoms with Gasteiger partial charge in [0.25, 0.3) is 0 Å². The van der Waals surface area contributed by atoms with Crippen LogP contribution in [0.15, 0.2) is 16.2 Å². The molecule has 1 saturated carbocycles. The molecule has 15 heavy (non-hydrogen) atoms. The molecular formula is C8H11ClN2O3S. The van der Waals surface area contributed by atoms with Crippen LogP contribution in [0.25, 0.3) is 0 Å². The van der Waals surface area contributed by atoms with E-state index in [1.165, 1.54) is 12.4 Å². The molecule has 0 aromatic heterocycles. The van der Waals surface area contributed by atoms with Crippen molar-refractivity contribution in [1.29, 1.82) is 0 Å². The molecular weight excluding hydrogens is 240 g/mol. The number of primary sulfonamides is 1. The molecule has 0 aromatic carbocycles. The van der Waals surface area contributed by atoms with Crippen molar-refractivity contribution in [2.75, 3.05) is 0 Å². The Kier molecular flexibility index (Phi) is 2.85. The van der Waals surface area contributed by atoms with Gasteiger partial charge in [-0.3, -0.25) is 4.99 Å². The highest BCUT2D eigenvalue weighted by atomic mass is 35.5. The predicted octanol–water partition coefficient (Wildman–Crippen LogP) is 0.356. The Morgan fingerprint density at radius 3 is 2.73 bits per heavy atom. The van der Waals surface area contributed by atoms with Crippen molar-refractivity contribution >= 4 is 27.8 Å². The summed E-state index contributed by atoms with van der Waals surface area (Å²) in [5, 5.41) is 4.38. The molecule has 2 rings (SSSR count). The Morgan fingerprint density at radius 1 is 1.53 bits per heavy atom. The summed E-state index contributed by atoms with van der Waals surface area (Å²) in [6, 6.07) is 0. The molecule has 2 aliphatic rings. The third kappa shape index (κ3) is 2.57. The lowest BCUT2D eigenvalue weighted by Crippen LogP contribution is -2.43. The van der Waals surface area contributed by atoms with Gasteiger partial charge < -0.3 is 4.74 Å². The minimum Gasteiger partial charge on any atom is -0.367 e. The minimum absolute atomic E-state index is 0.105. The second kappa shape index (κ2) is 3.86. The first-order valence-corrected chi connectivity index (χ1v) is 6.53. The van der Waals surface area contributed by atoms with E-state index in [1.807, 2.05) is 0 Å². The number of rotatable bonds is 3. The zero-order valence-corrected chi connectivity index (χ0v) is 9.41. The molecule has 2 atom stereocenters. The molecule has 7 heteroatoms. The van der Waals surface area contributed by atoms with E-state index in [1.54, 1.807) is 0 Å². The third-order valence-electron chi connectivity index (χ3n) is 2.24. The number of hydrogen-bond acceptors (Lipinski definition) is 4. The standard InChI is InChI=1S/C8H11ClN2O3S/c9-6-3-11-4-7(15(10,12)13)8(6)14-5-1-2-5/h3-5,7-8H,1-2H2,(H2,10,12,13). The van der Waals surface area contributed by atoms with Crippen molar-refractivity contribution in [3.05, 3.63) is 11.2 Å². The Morgan fingerprint density at radius 2 is 2.20 bits per heavy atom. The maximum Gasteiger partial charge on any atom is 0.220 e. The average molecular weight is 251 g/mol. The molecule has 0 amide bonds. The fourth-order valence-corrected chi connectivity index (χ4v) is 2.43. The highest BCUT2D eigenvalue weighted by Crippen LogP contribution is 2.31. The molecule has 1 fully saturated rings. The van der Waals surface area contributed by atoms with Gasteiger partial charge in [-0.2, -0.15) is 0 Å². The first-order valence-electron chi connectivity index (χ1n) is 4.54. The van der Waals surface area contributed by atoms with Crippen molar-refractivity contribution in [2.45, 2.75) is 30.3 Å². The van der Waals surface area contributed by atoms with Gasteiger partial charge in [0, 0.05) is 12.4 Å². The predicted molar refractivity (Wildman–Crippen MR) is 57.2 cm³/mol. The van der Waals surface area contributed by atoms with Crippen molar-refractivity contribution in [2.24, 2.45) is 10.1 Å². The molecule has 2 N–H and O–H groups in total. The van der Waals surface area contributed by atoms with E-state index < -0.39 is 21.4 Å². The summed E-state index contributed by atoms with van der Waals surface area (Å²) in [5.41, 5.74) is 0. The van der Waals surface area contributed by atoms with Gasteiger partial charge in [-0.15, -0.1) is 0 Å². The lowest BCUT2D eigenvalue weighted by atomic mass is 10.2. The van der Waals surface area contributed by atoms with Gasteiger partial charge in [-0.1, -0.05) is 11.6 Å². The summed E-state index contributed by atoms with van der Waals surface area (Å²) in [5.74, 6) is 0. The second-order valence-corrected chi connectivity index (χ2v) is 5.78. The molecule has 0 radical (unpaired) electrons. The van der Waals surface area contributed by atoms with Crippen molar-refractivity contribution in [3.8, 4) is 0 Å². The Balaban J connectivity index is 2.20. The number of hydrogen-bond donors (Lipinski definition) is 1. The first-order chi connectivity index (χ1) is 6.98. The molecule has 0 bridgehead atoms. The zero-order valence-electron chi connectivity index (χ0n) is 7.84. The van der Waals surface area contributed by atoms with E-state index >= 15 is 0 Å². The van der Waals surface area contributed by atoms with Crippen LogP contribution in [0, 0.1) is 0 Å². The van der Waals surface area contributed by atoms with Crippen LogP contribution in [-0.4, -0.2) is 32.1 Å². The van der Waals surface area contributed by atoms with Gasteiger partial charge in [-0.25, -0.2) is 13.6 Å². The molecule has 0 saturated heterocycles. The number of halogens is 1. The number of sulfonamides is 1. The van der Waals surface area contributed by atoms with E-state index in [-0.39, 0.29) is 11.1 Å². The lowest BCUT2D eigenvalue weighted by Gasteiger charge is -2.24. The normalized spacial score (nSPS) is 31.5. The molecule has 1 aliphatic carbocycles. The van der Waals surface area contributed by atoms with Gasteiger partial charge in [0.05, 0.1) is 11.1 Å². The molecule has 1 aliphatic heterocycles. The van der Waals surface area contributed by atoms with Crippen LogP contribution in [0.4, 0.5) is 0 Å². The molecule has 1 heterocycles. The molecule has 0 spiro atoms. The van der Waals surface area contributed by atoms with Gasteiger partial charge >= 0.3 is 0 Å². The van der Waals surface area contributed by atoms with E-state index in [0.717, 1.165) is 12.8 Å². The van der Waals surface area contributed by atoms with Crippen molar-refractivity contribution in [1.82, 2.24) is 0 Å². The van der Waals surface area contributed by atoms with Crippen LogP contribution in [0.2, 0.25) is 0 Å². The Bertz CT molecular complexity index is 414. The highest BCUT2D eigenvalue weighted by molar-refractivity contribution is 7.90. The largest absolute Gasteiger partial charge is 0.367 e. The quantitative estimate of drug-likeness (QED) is 0.785. The maximum absolute atomic E-state index is 11.3. The fourth-order valence-electron chi connectivity index (χ4n) is 1.32. The highest BCUT2D eigenvalue weighted by Gasteiger charge is 2.38. The topological polar surface area (TPSA) is 81.8 Å². The zero-order chi connectivity index (χ0) is 11.1. The monoisotopic (exact) mass is 250 g/mol. The SMILES string of the molecule is NS(=O)(=O)C1C=NC=C(Cl)C1OC1CC1. The van der Waals surface area contributed by atoms with Crippen LogP contribution < -0.4 is 5.14 Å². The van der Waals surface area contributed by atoms with Gasteiger partial charge in [0.1, 0.15) is 11.4 Å². The molecule has 0 aromatic rings. The van der Waals surface area contributed by atoms with Gasteiger partial charge in [0.2, 0.25) is 10.0 Å². The number of nitrogens with zero attached hydrogens (tertiary/aromatic N) is 1. The third-order valence-corrected chi connectivity index (χ3v) is 3.68. The van der Waals surface area contributed by atoms with Crippen LogP contribution in [0.3, 0.4) is 0 Å². The fraction of sp³-hybridized carbons (Fsp3) is 0.625. The van der Waals surface area contributed by atoms with Crippen LogP contribution in [0.1, 0.15) is 12.8 Å². The van der Waals surface area contributed by atoms with E-state index in [2.05, 4.69) is 4.99 Å². The smallest absolute Gasteiger partial charge is 0.220 e. The summed E-state index contributed by atoms with van der Waals surface area (Å²) in [6.45, 7) is 0. The summed E-state index contributed by atoms with van der Waals surface area (Å²) in [6.07, 6.45) is 3.93. The van der Waals surface area contributed by atoms with E-state index in [4.69, 9.17) is 21.5 Å². The number of aliphatic imine (C=N–C) groups is 1. The number of ether oxygens (including phenoxy) is 1. The number of nitrogens with two attached hydrogens (primary N) is 1. The molecule has 84 valence electrons. The summed E-state index contributed by atoms with van der Waals surface area (Å²) >= 11 is 5.86. The van der Waals surface area contributed by atoms with Crippen LogP contribution >= 0.6 is 11.6 Å². The maximum atomic E-state index is 11.3. The molecule has 2 unspecified atom stereocenters.